The Balaban J connectivity index is 0.00000280. The number of tetrazole rings is 1. The fraction of sp³-hybridized carbons (Fsp3) is 0.300. The van der Waals surface area contributed by atoms with Gasteiger partial charge in [-0.1, -0.05) is 56.3 Å². The highest BCUT2D eigenvalue weighted by molar-refractivity contribution is 5.85. The summed E-state index contributed by atoms with van der Waals surface area (Å²) in [6.07, 6.45) is 0.733. The maximum absolute atomic E-state index is 12.7. The van der Waals surface area contributed by atoms with Gasteiger partial charge in [-0.3, -0.25) is 4.79 Å². The van der Waals surface area contributed by atoms with Crippen LogP contribution in [0.25, 0.3) is 11.4 Å². The summed E-state index contributed by atoms with van der Waals surface area (Å²) in [4.78, 5) is 14.1. The highest BCUT2D eigenvalue weighted by Gasteiger charge is 2.26. The third-order valence-electron chi connectivity index (χ3n) is 4.30. The minimum absolute atomic E-state index is 0. The molecule has 0 radical (unpaired) electrons. The number of carbonyl (C=O) groups excluding carboxylic acids is 1. The first-order valence-electron chi connectivity index (χ1n) is 9.01. The molecule has 1 heterocycles. The lowest BCUT2D eigenvalue weighted by molar-refractivity contribution is -0.126. The zero-order chi connectivity index (χ0) is 19.2. The molecular formula is C20H25ClN6O. The lowest BCUT2D eigenvalue weighted by Gasteiger charge is -2.18. The van der Waals surface area contributed by atoms with E-state index in [1.54, 1.807) is 0 Å². The molecule has 2 aromatic carbocycles. The smallest absolute Gasteiger partial charge is 0.247 e. The van der Waals surface area contributed by atoms with Crippen molar-refractivity contribution in [2.45, 2.75) is 26.3 Å². The summed E-state index contributed by atoms with van der Waals surface area (Å²) in [6, 6.07) is 16.7. The molecule has 0 spiro atoms. The van der Waals surface area contributed by atoms with Gasteiger partial charge in [-0.15, -0.1) is 22.6 Å². The lowest BCUT2D eigenvalue weighted by Crippen LogP contribution is -2.37. The molecule has 1 amide bonds. The first-order valence-corrected chi connectivity index (χ1v) is 9.01. The van der Waals surface area contributed by atoms with Crippen LogP contribution in [0.15, 0.2) is 54.6 Å². The number of hydrogen-bond acceptors (Lipinski definition) is 5. The van der Waals surface area contributed by atoms with Crippen LogP contribution in [0.1, 0.15) is 25.5 Å². The molecule has 0 aliphatic carbocycles. The van der Waals surface area contributed by atoms with Gasteiger partial charge >= 0.3 is 0 Å². The second-order valence-electron chi connectivity index (χ2n) is 6.77. The van der Waals surface area contributed by atoms with Crippen LogP contribution >= 0.6 is 12.4 Å². The highest BCUT2D eigenvalue weighted by Crippen LogP contribution is 2.18. The molecule has 7 nitrogen and oxygen atoms in total. The van der Waals surface area contributed by atoms with E-state index in [2.05, 4.69) is 20.7 Å². The fourth-order valence-electron chi connectivity index (χ4n) is 2.84. The van der Waals surface area contributed by atoms with Crippen molar-refractivity contribution in [1.82, 2.24) is 25.5 Å². The molecule has 3 aromatic rings. The van der Waals surface area contributed by atoms with Gasteiger partial charge in [0.2, 0.25) is 11.7 Å². The SMILES string of the molecule is CC(C)C(C(=O)NCCc1ccc(N)cc1)n1nnc(-c2ccccc2)n1.Cl. The van der Waals surface area contributed by atoms with Crippen molar-refractivity contribution >= 4 is 24.0 Å². The summed E-state index contributed by atoms with van der Waals surface area (Å²) in [5.74, 6) is 0.424. The summed E-state index contributed by atoms with van der Waals surface area (Å²) in [5.41, 5.74) is 8.41. The van der Waals surface area contributed by atoms with E-state index < -0.39 is 6.04 Å². The number of benzene rings is 2. The van der Waals surface area contributed by atoms with Gasteiger partial charge in [-0.25, -0.2) is 0 Å². The molecule has 148 valence electrons. The van der Waals surface area contributed by atoms with E-state index in [0.29, 0.717) is 12.4 Å². The minimum Gasteiger partial charge on any atom is -0.399 e. The predicted octanol–water partition coefficient (Wildman–Crippen LogP) is 2.90. The number of nitrogens with one attached hydrogen (secondary N) is 1. The molecule has 0 saturated carbocycles. The topological polar surface area (TPSA) is 98.7 Å². The third-order valence-corrected chi connectivity index (χ3v) is 4.30. The van der Waals surface area contributed by atoms with Gasteiger partial charge in [-0.2, -0.15) is 4.80 Å². The van der Waals surface area contributed by atoms with E-state index >= 15 is 0 Å². The average molecular weight is 401 g/mol. The van der Waals surface area contributed by atoms with Gasteiger partial charge in [0.05, 0.1) is 0 Å². The van der Waals surface area contributed by atoms with Crippen LogP contribution in [-0.4, -0.2) is 32.7 Å². The van der Waals surface area contributed by atoms with Crippen LogP contribution in [0.4, 0.5) is 5.69 Å². The Bertz CT molecular complexity index is 879. The predicted molar refractivity (Wildman–Crippen MR) is 112 cm³/mol. The van der Waals surface area contributed by atoms with E-state index in [0.717, 1.165) is 23.2 Å². The molecular weight excluding hydrogens is 376 g/mol. The number of anilines is 1. The zero-order valence-electron chi connectivity index (χ0n) is 15.9. The molecule has 0 fully saturated rings. The van der Waals surface area contributed by atoms with Crippen LogP contribution in [-0.2, 0) is 11.2 Å². The van der Waals surface area contributed by atoms with E-state index in [4.69, 9.17) is 5.73 Å². The Morgan fingerprint density at radius 1 is 1.11 bits per heavy atom. The summed E-state index contributed by atoms with van der Waals surface area (Å²) in [7, 11) is 0. The molecule has 8 heteroatoms. The Hall–Kier alpha value is -2.93. The number of aromatic nitrogens is 4. The molecule has 0 aliphatic heterocycles. The van der Waals surface area contributed by atoms with Gasteiger partial charge < -0.3 is 11.1 Å². The van der Waals surface area contributed by atoms with Crippen molar-refractivity contribution in [1.29, 1.82) is 0 Å². The molecule has 1 aromatic heterocycles. The Labute approximate surface area is 170 Å². The number of hydrogen-bond donors (Lipinski definition) is 2. The van der Waals surface area contributed by atoms with E-state index in [-0.39, 0.29) is 24.2 Å². The van der Waals surface area contributed by atoms with Crippen molar-refractivity contribution in [3.8, 4) is 11.4 Å². The molecule has 1 atom stereocenters. The number of nitrogen functional groups attached to an aromatic ring is 1. The summed E-state index contributed by atoms with van der Waals surface area (Å²) >= 11 is 0. The Morgan fingerprint density at radius 2 is 1.79 bits per heavy atom. The third kappa shape index (κ3) is 5.29. The van der Waals surface area contributed by atoms with Gasteiger partial charge in [0.15, 0.2) is 6.04 Å². The normalized spacial score (nSPS) is 11.7. The molecule has 1 unspecified atom stereocenters. The number of halogens is 1. The molecule has 3 rings (SSSR count). The van der Waals surface area contributed by atoms with E-state index in [1.807, 2.05) is 68.4 Å². The maximum atomic E-state index is 12.7. The number of rotatable bonds is 7. The average Bonchev–Trinajstić information content (AvgIpc) is 3.13. The van der Waals surface area contributed by atoms with Crippen molar-refractivity contribution in [3.63, 3.8) is 0 Å². The molecule has 0 saturated heterocycles. The van der Waals surface area contributed by atoms with Crippen LogP contribution in [0.2, 0.25) is 0 Å². The summed E-state index contributed by atoms with van der Waals surface area (Å²) in [6.45, 7) is 4.47. The van der Waals surface area contributed by atoms with Crippen molar-refractivity contribution in [2.24, 2.45) is 5.92 Å². The van der Waals surface area contributed by atoms with Crippen LogP contribution in [0, 0.1) is 5.92 Å². The first kappa shape index (κ1) is 21.4. The van der Waals surface area contributed by atoms with Gasteiger partial charge in [-0.05, 0) is 35.2 Å². The molecule has 3 N–H and O–H groups in total. The summed E-state index contributed by atoms with van der Waals surface area (Å²) in [5, 5.41) is 15.6. The molecule has 0 bridgehead atoms. The van der Waals surface area contributed by atoms with Crippen molar-refractivity contribution < 1.29 is 4.79 Å². The number of carbonyl (C=O) groups is 1. The molecule has 28 heavy (non-hydrogen) atoms. The largest absolute Gasteiger partial charge is 0.399 e. The van der Waals surface area contributed by atoms with E-state index in [9.17, 15) is 4.79 Å². The number of amides is 1. The first-order chi connectivity index (χ1) is 13.0. The van der Waals surface area contributed by atoms with E-state index in [1.165, 1.54) is 4.80 Å². The van der Waals surface area contributed by atoms with Crippen molar-refractivity contribution in [2.75, 3.05) is 12.3 Å². The number of nitrogens with two attached hydrogens (primary N) is 1. The van der Waals surface area contributed by atoms with Gasteiger partial charge in [0.25, 0.3) is 0 Å². The van der Waals surface area contributed by atoms with Crippen LogP contribution in [0.5, 0.6) is 0 Å². The Kier molecular flexibility index (Phi) is 7.52. The number of nitrogens with zero attached hydrogens (tertiary/aromatic N) is 4. The van der Waals surface area contributed by atoms with Gasteiger partial charge in [0, 0.05) is 17.8 Å². The lowest BCUT2D eigenvalue weighted by atomic mass is 10.0. The molecule has 0 aliphatic rings. The standard InChI is InChI=1S/C20H24N6O.ClH/c1-14(2)18(20(27)22-13-12-15-8-10-17(21)11-9-15)26-24-19(23-25-26)16-6-4-3-5-7-16;/h3-11,14,18H,12-13,21H2,1-2H3,(H,22,27);1H. The van der Waals surface area contributed by atoms with Crippen LogP contribution in [0.3, 0.4) is 0 Å². The fourth-order valence-corrected chi connectivity index (χ4v) is 2.84. The monoisotopic (exact) mass is 400 g/mol. The Morgan fingerprint density at radius 3 is 2.43 bits per heavy atom. The van der Waals surface area contributed by atoms with Crippen molar-refractivity contribution in [3.05, 3.63) is 60.2 Å². The minimum atomic E-state index is -0.513. The highest BCUT2D eigenvalue weighted by atomic mass is 35.5. The van der Waals surface area contributed by atoms with Crippen LogP contribution < -0.4 is 11.1 Å². The zero-order valence-corrected chi connectivity index (χ0v) is 16.8. The quantitative estimate of drug-likeness (QED) is 0.594. The van der Waals surface area contributed by atoms with Gasteiger partial charge in [0.1, 0.15) is 0 Å². The maximum Gasteiger partial charge on any atom is 0.247 e. The second kappa shape index (κ2) is 9.85. The summed E-state index contributed by atoms with van der Waals surface area (Å²) < 4.78 is 0. The second-order valence-corrected chi connectivity index (χ2v) is 6.77.